The van der Waals surface area contributed by atoms with Crippen molar-refractivity contribution in [1.82, 2.24) is 4.90 Å². The average molecular weight is 428 g/mol. The number of nitrogens with zero attached hydrogens (tertiary/aromatic N) is 3. The number of fused-ring (bicyclic) bond motifs is 3. The molecular weight excluding hydrogens is 410 g/mol. The van der Waals surface area contributed by atoms with E-state index in [9.17, 15) is 18.4 Å². The molecule has 6 nitrogen and oxygen atoms in total. The van der Waals surface area contributed by atoms with Gasteiger partial charge in [0.2, 0.25) is 5.91 Å². The van der Waals surface area contributed by atoms with Gasteiger partial charge in [0.15, 0.2) is 5.17 Å². The van der Waals surface area contributed by atoms with Crippen LogP contribution in [0.15, 0.2) is 52.4 Å². The van der Waals surface area contributed by atoms with Crippen LogP contribution in [0, 0.1) is 11.6 Å². The monoisotopic (exact) mass is 428 g/mol. The van der Waals surface area contributed by atoms with Gasteiger partial charge in [-0.1, -0.05) is 37.2 Å². The summed E-state index contributed by atoms with van der Waals surface area (Å²) in [5.41, 5.74) is 1.19. The van der Waals surface area contributed by atoms with Gasteiger partial charge in [-0.15, -0.1) is 0 Å². The standard InChI is InChI=1S/C21H18F2N4O2S/c1-2-5-16-20(29)27-19(25-16)13-6-3-4-7-15(13)26-21(27)30-11-18(28)24-17-10-12(22)8-9-14(17)23/h3-4,6-10,16H,2,5,11H2,1H3,(H,24,28)/t16-/m0/s1. The van der Waals surface area contributed by atoms with Crippen LogP contribution in [0.1, 0.15) is 25.3 Å². The molecule has 2 aliphatic rings. The zero-order valence-corrected chi connectivity index (χ0v) is 16.9. The van der Waals surface area contributed by atoms with E-state index in [0.29, 0.717) is 23.1 Å². The highest BCUT2D eigenvalue weighted by atomic mass is 32.2. The van der Waals surface area contributed by atoms with Gasteiger partial charge in [-0.3, -0.25) is 14.6 Å². The van der Waals surface area contributed by atoms with Crippen molar-refractivity contribution in [3.05, 3.63) is 59.7 Å². The lowest BCUT2D eigenvalue weighted by atomic mass is 10.1. The fourth-order valence-electron chi connectivity index (χ4n) is 3.27. The lowest BCUT2D eigenvalue weighted by Crippen LogP contribution is -2.41. The van der Waals surface area contributed by atoms with Crippen molar-refractivity contribution in [2.24, 2.45) is 9.98 Å². The summed E-state index contributed by atoms with van der Waals surface area (Å²) in [4.78, 5) is 35.8. The second-order valence-corrected chi connectivity index (χ2v) is 7.75. The van der Waals surface area contributed by atoms with E-state index in [4.69, 9.17) is 0 Å². The van der Waals surface area contributed by atoms with Gasteiger partial charge in [0.05, 0.1) is 17.1 Å². The molecule has 0 saturated carbocycles. The summed E-state index contributed by atoms with van der Waals surface area (Å²) in [6.07, 6.45) is 1.43. The Balaban J connectivity index is 1.54. The first-order valence-electron chi connectivity index (χ1n) is 9.45. The molecule has 0 radical (unpaired) electrons. The SMILES string of the molecule is CCC[C@@H]1N=C2c3ccccc3N=C(SCC(=O)Nc3cc(F)ccc3F)N2C1=O. The fraction of sp³-hybridized carbons (Fsp3) is 0.238. The third-order valence-corrected chi connectivity index (χ3v) is 5.58. The van der Waals surface area contributed by atoms with E-state index in [1.807, 2.05) is 31.2 Å². The van der Waals surface area contributed by atoms with Crippen molar-refractivity contribution in [2.45, 2.75) is 25.8 Å². The lowest BCUT2D eigenvalue weighted by Gasteiger charge is -2.25. The Bertz CT molecular complexity index is 1090. The number of hydrogen-bond donors (Lipinski definition) is 1. The number of rotatable bonds is 5. The topological polar surface area (TPSA) is 74.1 Å². The van der Waals surface area contributed by atoms with E-state index in [1.165, 1.54) is 4.90 Å². The number of hydrogen-bond acceptors (Lipinski definition) is 5. The molecule has 2 amide bonds. The number of thioether (sulfide) groups is 1. The van der Waals surface area contributed by atoms with Crippen LogP contribution in [0.3, 0.4) is 0 Å². The maximum Gasteiger partial charge on any atom is 0.259 e. The summed E-state index contributed by atoms with van der Waals surface area (Å²) in [5.74, 6) is -1.70. The Morgan fingerprint density at radius 1 is 1.23 bits per heavy atom. The number of carbonyl (C=O) groups excluding carboxylic acids is 2. The molecule has 1 atom stereocenters. The van der Waals surface area contributed by atoms with Gasteiger partial charge in [-0.2, -0.15) is 0 Å². The van der Waals surface area contributed by atoms with Crippen molar-refractivity contribution >= 4 is 46.0 Å². The van der Waals surface area contributed by atoms with Gasteiger partial charge < -0.3 is 5.32 Å². The van der Waals surface area contributed by atoms with Gasteiger partial charge in [-0.25, -0.2) is 18.7 Å². The van der Waals surface area contributed by atoms with Crippen LogP contribution in [0.2, 0.25) is 0 Å². The largest absolute Gasteiger partial charge is 0.323 e. The third kappa shape index (κ3) is 3.85. The van der Waals surface area contributed by atoms with E-state index in [0.717, 1.165) is 41.9 Å². The maximum atomic E-state index is 13.8. The highest BCUT2D eigenvalue weighted by Gasteiger charge is 2.40. The van der Waals surface area contributed by atoms with Crippen molar-refractivity contribution in [2.75, 3.05) is 11.1 Å². The summed E-state index contributed by atoms with van der Waals surface area (Å²) in [5, 5.41) is 2.69. The molecule has 0 unspecified atom stereocenters. The average Bonchev–Trinajstić information content (AvgIpc) is 3.06. The normalized spacial score (nSPS) is 17.2. The number of nitrogens with one attached hydrogen (secondary N) is 1. The molecule has 2 aromatic rings. The number of carbonyl (C=O) groups is 2. The molecule has 1 N–H and O–H groups in total. The Kier molecular flexibility index (Phi) is 5.63. The van der Waals surface area contributed by atoms with Crippen LogP contribution in [-0.2, 0) is 9.59 Å². The quantitative estimate of drug-likeness (QED) is 0.779. The van der Waals surface area contributed by atoms with E-state index in [2.05, 4.69) is 15.3 Å². The molecular formula is C21H18F2N4O2S. The Morgan fingerprint density at radius 2 is 2.03 bits per heavy atom. The molecule has 0 aliphatic carbocycles. The molecule has 4 rings (SSSR count). The summed E-state index contributed by atoms with van der Waals surface area (Å²) in [6, 6.07) is 9.71. The number of halogens is 2. The molecule has 0 fully saturated rings. The second-order valence-electron chi connectivity index (χ2n) is 6.80. The number of benzene rings is 2. The van der Waals surface area contributed by atoms with Crippen molar-refractivity contribution < 1.29 is 18.4 Å². The van der Waals surface area contributed by atoms with E-state index in [1.54, 1.807) is 0 Å². The molecule has 2 aromatic carbocycles. The smallest absolute Gasteiger partial charge is 0.259 e. The highest BCUT2D eigenvalue weighted by Crippen LogP contribution is 2.34. The predicted octanol–water partition coefficient (Wildman–Crippen LogP) is 4.10. The van der Waals surface area contributed by atoms with E-state index >= 15 is 0 Å². The third-order valence-electron chi connectivity index (χ3n) is 4.64. The summed E-state index contributed by atoms with van der Waals surface area (Å²) >= 11 is 1.04. The fourth-order valence-corrected chi connectivity index (χ4v) is 4.07. The van der Waals surface area contributed by atoms with Crippen molar-refractivity contribution in [3.63, 3.8) is 0 Å². The molecule has 0 saturated heterocycles. The first-order chi connectivity index (χ1) is 14.5. The van der Waals surface area contributed by atoms with Gasteiger partial charge in [0.1, 0.15) is 23.5 Å². The van der Waals surface area contributed by atoms with Crippen LogP contribution >= 0.6 is 11.8 Å². The predicted molar refractivity (Wildman–Crippen MR) is 113 cm³/mol. The second kappa shape index (κ2) is 8.35. The summed E-state index contributed by atoms with van der Waals surface area (Å²) in [7, 11) is 0. The van der Waals surface area contributed by atoms with Crippen LogP contribution in [0.5, 0.6) is 0 Å². The molecule has 0 bridgehead atoms. The Hall–Kier alpha value is -3.07. The van der Waals surface area contributed by atoms with Gasteiger partial charge in [-0.05, 0) is 30.7 Å². The van der Waals surface area contributed by atoms with Crippen LogP contribution in [0.25, 0.3) is 0 Å². The van der Waals surface area contributed by atoms with E-state index < -0.39 is 23.6 Å². The van der Waals surface area contributed by atoms with Gasteiger partial charge >= 0.3 is 0 Å². The van der Waals surface area contributed by atoms with Gasteiger partial charge in [0, 0.05) is 11.6 Å². The molecule has 0 spiro atoms. The maximum absolute atomic E-state index is 13.8. The minimum absolute atomic E-state index is 0.132. The first-order valence-corrected chi connectivity index (χ1v) is 10.4. The zero-order valence-electron chi connectivity index (χ0n) is 16.1. The summed E-state index contributed by atoms with van der Waals surface area (Å²) < 4.78 is 27.1. The van der Waals surface area contributed by atoms with E-state index in [-0.39, 0.29) is 17.3 Å². The molecule has 30 heavy (non-hydrogen) atoms. The number of anilines is 1. The molecule has 2 aliphatic heterocycles. The number of amidine groups is 2. The Labute approximate surface area is 176 Å². The highest BCUT2D eigenvalue weighted by molar-refractivity contribution is 8.14. The molecule has 0 aromatic heterocycles. The molecule has 2 heterocycles. The zero-order chi connectivity index (χ0) is 21.3. The molecule has 154 valence electrons. The first kappa shape index (κ1) is 20.2. The number of para-hydroxylation sites is 1. The number of aliphatic imine (C=N–C) groups is 2. The Morgan fingerprint density at radius 3 is 2.83 bits per heavy atom. The lowest BCUT2D eigenvalue weighted by molar-refractivity contribution is -0.124. The van der Waals surface area contributed by atoms with Crippen molar-refractivity contribution in [3.8, 4) is 0 Å². The molecule has 9 heteroatoms. The summed E-state index contributed by atoms with van der Waals surface area (Å²) in [6.45, 7) is 1.98. The minimum atomic E-state index is -0.731. The van der Waals surface area contributed by atoms with Crippen molar-refractivity contribution in [1.29, 1.82) is 0 Å². The van der Waals surface area contributed by atoms with Crippen LogP contribution in [-0.4, -0.2) is 39.5 Å². The van der Waals surface area contributed by atoms with Crippen LogP contribution < -0.4 is 5.32 Å². The minimum Gasteiger partial charge on any atom is -0.323 e. The van der Waals surface area contributed by atoms with Gasteiger partial charge in [0.25, 0.3) is 5.91 Å². The van der Waals surface area contributed by atoms with Crippen LogP contribution in [0.4, 0.5) is 20.2 Å². The number of amides is 2.